The summed E-state index contributed by atoms with van der Waals surface area (Å²) >= 11 is 0. The zero-order chi connectivity index (χ0) is 53.3. The maximum Gasteiger partial charge on any atom is 0.335 e. The first kappa shape index (κ1) is 67.2. The molecule has 418 valence electrons. The Kier molecular flexibility index (Phi) is 45.1. The van der Waals surface area contributed by atoms with Crippen LogP contribution in [0.3, 0.4) is 0 Å². The number of carbonyl (C=O) groups is 4. The van der Waals surface area contributed by atoms with Gasteiger partial charge in [-0.15, -0.1) is 0 Å². The Morgan fingerprint density at radius 1 is 0.466 bits per heavy atom. The molecule has 6 unspecified atom stereocenters. The van der Waals surface area contributed by atoms with E-state index in [-0.39, 0.29) is 25.9 Å². The molecule has 0 aromatic heterocycles. The van der Waals surface area contributed by atoms with Crippen molar-refractivity contribution in [2.24, 2.45) is 0 Å². The van der Waals surface area contributed by atoms with Crippen LogP contribution < -0.4 is 0 Å². The Morgan fingerprint density at radius 3 is 1.37 bits per heavy atom. The minimum Gasteiger partial charge on any atom is -0.479 e. The van der Waals surface area contributed by atoms with Crippen LogP contribution in [-0.2, 0) is 42.9 Å². The van der Waals surface area contributed by atoms with E-state index in [4.69, 9.17) is 23.7 Å². The van der Waals surface area contributed by atoms with Gasteiger partial charge in [0.15, 0.2) is 24.6 Å². The number of aliphatic hydroxyl groups is 2. The van der Waals surface area contributed by atoms with Gasteiger partial charge in [-0.25, -0.2) is 4.79 Å². The van der Waals surface area contributed by atoms with Crippen molar-refractivity contribution in [1.82, 2.24) is 0 Å². The molecule has 0 bridgehead atoms. The monoisotopic (exact) mass is 1030 g/mol. The van der Waals surface area contributed by atoms with Gasteiger partial charge in [-0.3, -0.25) is 14.4 Å². The number of ether oxygens (including phenoxy) is 5. The lowest BCUT2D eigenvalue weighted by molar-refractivity contribution is -0.301. The first-order chi connectivity index (χ1) is 35.6. The predicted molar refractivity (Wildman–Crippen MR) is 294 cm³/mol. The molecular weight excluding hydrogens is 925 g/mol. The van der Waals surface area contributed by atoms with E-state index in [9.17, 15) is 34.5 Å². The highest BCUT2D eigenvalue weighted by Gasteiger charge is 2.50. The lowest BCUT2D eigenvalue weighted by Gasteiger charge is -2.40. The normalized spacial score (nSPS) is 18.8. The number of carbonyl (C=O) groups excluding carboxylic acids is 3. The number of hydrogen-bond donors (Lipinski definition) is 3. The molecule has 1 rings (SSSR count). The van der Waals surface area contributed by atoms with E-state index in [0.29, 0.717) is 19.3 Å². The molecule has 0 saturated carbocycles. The zero-order valence-electron chi connectivity index (χ0n) is 45.9. The van der Waals surface area contributed by atoms with E-state index in [1.54, 1.807) is 0 Å². The second kappa shape index (κ2) is 49.1. The van der Waals surface area contributed by atoms with Crippen molar-refractivity contribution >= 4 is 23.9 Å². The van der Waals surface area contributed by atoms with Gasteiger partial charge < -0.3 is 39.0 Å². The summed E-state index contributed by atoms with van der Waals surface area (Å²) in [5.74, 6) is -3.19. The molecule has 0 aromatic rings. The molecule has 0 amide bonds. The molecule has 6 atom stereocenters. The van der Waals surface area contributed by atoms with Crippen LogP contribution in [0.1, 0.15) is 239 Å². The maximum absolute atomic E-state index is 13.1. The Balaban J connectivity index is 2.73. The number of carboxylic acid groups (broad SMARTS) is 1. The number of esters is 3. The molecular formula is C61H102O12. The van der Waals surface area contributed by atoms with Crippen molar-refractivity contribution in [3.63, 3.8) is 0 Å². The lowest BCUT2D eigenvalue weighted by Crippen LogP contribution is -2.61. The maximum atomic E-state index is 13.1. The van der Waals surface area contributed by atoms with E-state index in [1.807, 2.05) is 0 Å². The summed E-state index contributed by atoms with van der Waals surface area (Å²) in [5, 5.41) is 31.4. The zero-order valence-corrected chi connectivity index (χ0v) is 45.9. The number of allylic oxidation sites excluding steroid dienone is 12. The van der Waals surface area contributed by atoms with Crippen LogP contribution >= 0.6 is 0 Å². The van der Waals surface area contributed by atoms with Crippen LogP contribution in [0.15, 0.2) is 72.9 Å². The highest BCUT2D eigenvalue weighted by molar-refractivity contribution is 5.74. The number of unbranched alkanes of at least 4 members (excludes halogenated alkanes) is 22. The average molecular weight is 1030 g/mol. The third kappa shape index (κ3) is 39.3. The first-order valence-corrected chi connectivity index (χ1v) is 28.9. The quantitative estimate of drug-likeness (QED) is 0.0228. The third-order valence-corrected chi connectivity index (χ3v) is 12.7. The molecule has 1 heterocycles. The molecule has 0 radical (unpaired) electrons. The summed E-state index contributed by atoms with van der Waals surface area (Å²) in [6, 6.07) is 0. The van der Waals surface area contributed by atoms with Crippen LogP contribution in [-0.4, -0.2) is 89.2 Å². The van der Waals surface area contributed by atoms with Crippen LogP contribution in [0.25, 0.3) is 0 Å². The van der Waals surface area contributed by atoms with E-state index >= 15 is 0 Å². The van der Waals surface area contributed by atoms with Gasteiger partial charge in [-0.1, -0.05) is 184 Å². The Morgan fingerprint density at radius 2 is 0.863 bits per heavy atom. The van der Waals surface area contributed by atoms with Crippen molar-refractivity contribution in [2.75, 3.05) is 13.2 Å². The topological polar surface area (TPSA) is 175 Å². The van der Waals surface area contributed by atoms with Crippen molar-refractivity contribution in [1.29, 1.82) is 0 Å². The van der Waals surface area contributed by atoms with Crippen LogP contribution in [0.2, 0.25) is 0 Å². The van der Waals surface area contributed by atoms with Crippen LogP contribution in [0.4, 0.5) is 0 Å². The minimum absolute atomic E-state index is 0.0383. The first-order valence-electron chi connectivity index (χ1n) is 28.9. The van der Waals surface area contributed by atoms with Crippen LogP contribution in [0.5, 0.6) is 0 Å². The molecule has 0 aromatic carbocycles. The average Bonchev–Trinajstić information content (AvgIpc) is 3.37. The second-order valence-corrected chi connectivity index (χ2v) is 19.5. The Labute approximate surface area is 442 Å². The summed E-state index contributed by atoms with van der Waals surface area (Å²) in [6.45, 7) is 5.80. The minimum atomic E-state index is -1.91. The van der Waals surface area contributed by atoms with Gasteiger partial charge in [0.2, 0.25) is 0 Å². The molecule has 1 aliphatic rings. The molecule has 1 fully saturated rings. The number of carboxylic acids is 1. The highest BCUT2D eigenvalue weighted by Crippen LogP contribution is 2.26. The van der Waals surface area contributed by atoms with E-state index < -0.39 is 67.3 Å². The number of rotatable bonds is 48. The largest absolute Gasteiger partial charge is 0.479 e. The Bertz CT molecular complexity index is 1550. The summed E-state index contributed by atoms with van der Waals surface area (Å²) in [5.41, 5.74) is 0. The smallest absolute Gasteiger partial charge is 0.335 e. The van der Waals surface area contributed by atoms with Crippen LogP contribution in [0, 0.1) is 0 Å². The van der Waals surface area contributed by atoms with E-state index in [0.717, 1.165) is 122 Å². The van der Waals surface area contributed by atoms with Crippen molar-refractivity contribution in [3.8, 4) is 0 Å². The summed E-state index contributed by atoms with van der Waals surface area (Å²) in [6.07, 6.45) is 48.7. The Hall–Kier alpha value is -3.84. The molecule has 12 heteroatoms. The number of aliphatic hydroxyl groups excluding tert-OH is 2. The van der Waals surface area contributed by atoms with Crippen molar-refractivity contribution in [3.05, 3.63) is 72.9 Å². The van der Waals surface area contributed by atoms with Gasteiger partial charge in [0.25, 0.3) is 0 Å². The van der Waals surface area contributed by atoms with Gasteiger partial charge in [0.05, 0.1) is 6.61 Å². The second-order valence-electron chi connectivity index (χ2n) is 19.5. The fraction of sp³-hybridized carbons (Fsp3) is 0.738. The third-order valence-electron chi connectivity index (χ3n) is 12.7. The lowest BCUT2D eigenvalue weighted by atomic mass is 9.98. The van der Waals surface area contributed by atoms with Gasteiger partial charge in [-0.05, 0) is 109 Å². The molecule has 1 saturated heterocycles. The number of aliphatic carboxylic acids is 1. The standard InChI is InChI=1S/C61H102O12/c1-4-7-10-13-16-19-22-25-27-30-32-35-38-41-44-47-53(62)69-50-52(71-54(63)48-45-42-39-36-33-29-24-21-18-15-12-9-6-3)51-70-61-59(57(66)56(65)58(73-61)60(67)68)72-55(64)49-46-43-40-37-34-31-28-26-23-20-17-14-11-8-5-2/h9,12,17-18,20-21,25-29,33,52,56-59,61,65-66H,4-8,10-11,13-16,19,22-24,30-32,34-51H2,1-3H3,(H,67,68)/b12-9-,20-17-,21-18-,27-25-,28-26-,33-29-. The SMILES string of the molecule is CC/C=C\C/C=C\C/C=C\CCCCCC(=O)OC(COC(=O)CCCCCCC/C=C\CCCCCCCC)COC1OC(C(=O)O)C(O)C(O)C1OC(=O)CCCCCCC/C=C\C/C=C\CCCCC. The molecule has 12 nitrogen and oxygen atoms in total. The summed E-state index contributed by atoms with van der Waals surface area (Å²) in [4.78, 5) is 51.0. The predicted octanol–water partition coefficient (Wildman–Crippen LogP) is 14.6. The van der Waals surface area contributed by atoms with Gasteiger partial charge >= 0.3 is 23.9 Å². The fourth-order valence-electron chi connectivity index (χ4n) is 8.29. The molecule has 0 spiro atoms. The van der Waals surface area contributed by atoms with Crippen molar-refractivity contribution < 1.29 is 58.2 Å². The van der Waals surface area contributed by atoms with Crippen molar-refractivity contribution in [2.45, 2.75) is 276 Å². The fourth-order valence-corrected chi connectivity index (χ4v) is 8.29. The molecule has 73 heavy (non-hydrogen) atoms. The van der Waals surface area contributed by atoms with E-state index in [2.05, 4.69) is 93.7 Å². The van der Waals surface area contributed by atoms with Gasteiger partial charge in [0.1, 0.15) is 18.8 Å². The summed E-state index contributed by atoms with van der Waals surface area (Å²) in [7, 11) is 0. The van der Waals surface area contributed by atoms with E-state index in [1.165, 1.54) is 57.8 Å². The summed E-state index contributed by atoms with van der Waals surface area (Å²) < 4.78 is 28.3. The molecule has 0 aliphatic carbocycles. The molecule has 1 aliphatic heterocycles. The van der Waals surface area contributed by atoms with Gasteiger partial charge in [-0.2, -0.15) is 0 Å². The van der Waals surface area contributed by atoms with Gasteiger partial charge in [0, 0.05) is 19.3 Å². The number of hydrogen-bond acceptors (Lipinski definition) is 11. The highest BCUT2D eigenvalue weighted by atomic mass is 16.7. The molecule has 3 N–H and O–H groups in total.